The molecule has 0 fully saturated rings. The highest BCUT2D eigenvalue weighted by molar-refractivity contribution is 7.18. The van der Waals surface area contributed by atoms with Crippen molar-refractivity contribution in [1.29, 1.82) is 0 Å². The molecule has 6 nitrogen and oxygen atoms in total. The molecule has 0 unspecified atom stereocenters. The fourth-order valence-corrected chi connectivity index (χ4v) is 3.61. The first-order valence-electron chi connectivity index (χ1n) is 8.70. The maximum absolute atomic E-state index is 12.4. The Morgan fingerprint density at radius 3 is 2.15 bits per heavy atom. The van der Waals surface area contributed by atoms with Crippen molar-refractivity contribution in [3.63, 3.8) is 0 Å². The molecule has 0 bridgehead atoms. The summed E-state index contributed by atoms with van der Waals surface area (Å²) >= 11 is 1.02. The van der Waals surface area contributed by atoms with Crippen LogP contribution in [0.5, 0.6) is 0 Å². The van der Waals surface area contributed by atoms with Crippen molar-refractivity contribution in [2.45, 2.75) is 34.1 Å². The fraction of sp³-hybridized carbons (Fsp3) is 0.350. The molecule has 0 aliphatic carbocycles. The van der Waals surface area contributed by atoms with Gasteiger partial charge < -0.3 is 14.8 Å². The first-order valence-corrected chi connectivity index (χ1v) is 9.52. The van der Waals surface area contributed by atoms with Gasteiger partial charge in [-0.05, 0) is 38.8 Å². The molecule has 7 heteroatoms. The summed E-state index contributed by atoms with van der Waals surface area (Å²) < 4.78 is 10.1. The Bertz CT molecular complexity index is 839. The molecule has 0 spiro atoms. The molecule has 1 aromatic carbocycles. The summed E-state index contributed by atoms with van der Waals surface area (Å²) in [5.74, 6) is -1.38. The Labute approximate surface area is 162 Å². The first-order chi connectivity index (χ1) is 12.9. The SMILES string of the molecule is CCOC(=O)c1sc(NC(=O)Cc2ccc(C)cc2)c(C(=O)OCC)c1C. The minimum atomic E-state index is -0.576. The quantitative estimate of drug-likeness (QED) is 0.726. The second-order valence-electron chi connectivity index (χ2n) is 5.91. The van der Waals surface area contributed by atoms with Crippen molar-refractivity contribution in [2.24, 2.45) is 0 Å². The largest absolute Gasteiger partial charge is 0.462 e. The number of esters is 2. The Morgan fingerprint density at radius 2 is 1.56 bits per heavy atom. The van der Waals surface area contributed by atoms with Crippen LogP contribution in [0.25, 0.3) is 0 Å². The average Bonchev–Trinajstić information content (AvgIpc) is 2.93. The topological polar surface area (TPSA) is 81.7 Å². The molecule has 0 saturated carbocycles. The molecule has 1 N–H and O–H groups in total. The lowest BCUT2D eigenvalue weighted by molar-refractivity contribution is -0.115. The van der Waals surface area contributed by atoms with Gasteiger partial charge in [0, 0.05) is 0 Å². The zero-order valence-corrected chi connectivity index (χ0v) is 16.7. The van der Waals surface area contributed by atoms with Crippen molar-refractivity contribution in [3.8, 4) is 0 Å². The van der Waals surface area contributed by atoms with Crippen LogP contribution >= 0.6 is 11.3 Å². The molecule has 1 aromatic heterocycles. The van der Waals surface area contributed by atoms with Crippen LogP contribution < -0.4 is 5.32 Å². The van der Waals surface area contributed by atoms with E-state index >= 15 is 0 Å². The Morgan fingerprint density at radius 1 is 0.963 bits per heavy atom. The molecule has 0 saturated heterocycles. The summed E-state index contributed by atoms with van der Waals surface area (Å²) in [5.41, 5.74) is 2.61. The number of aryl methyl sites for hydroxylation is 1. The lowest BCUT2D eigenvalue weighted by Gasteiger charge is -2.07. The van der Waals surface area contributed by atoms with Gasteiger partial charge >= 0.3 is 11.9 Å². The van der Waals surface area contributed by atoms with Crippen molar-refractivity contribution < 1.29 is 23.9 Å². The summed E-state index contributed by atoms with van der Waals surface area (Å²) in [6.45, 7) is 7.43. The van der Waals surface area contributed by atoms with E-state index in [1.54, 1.807) is 20.8 Å². The minimum Gasteiger partial charge on any atom is -0.462 e. The maximum atomic E-state index is 12.4. The Kier molecular flexibility index (Phi) is 7.12. The number of ether oxygens (including phenoxy) is 2. The number of hydrogen-bond donors (Lipinski definition) is 1. The summed E-state index contributed by atoms with van der Waals surface area (Å²) in [6.07, 6.45) is 0.161. The normalized spacial score (nSPS) is 10.4. The van der Waals surface area contributed by atoms with Crippen molar-refractivity contribution >= 4 is 34.2 Å². The number of thiophene rings is 1. The van der Waals surface area contributed by atoms with E-state index in [0.717, 1.165) is 22.5 Å². The van der Waals surface area contributed by atoms with E-state index in [9.17, 15) is 14.4 Å². The average molecular weight is 389 g/mol. The van der Waals surface area contributed by atoms with Crippen LogP contribution in [0, 0.1) is 13.8 Å². The van der Waals surface area contributed by atoms with Crippen LogP contribution in [0.4, 0.5) is 5.00 Å². The molecule has 1 amide bonds. The van der Waals surface area contributed by atoms with Crippen LogP contribution in [0.3, 0.4) is 0 Å². The van der Waals surface area contributed by atoms with E-state index in [4.69, 9.17) is 9.47 Å². The second-order valence-corrected chi connectivity index (χ2v) is 6.93. The van der Waals surface area contributed by atoms with Gasteiger partial charge in [0.05, 0.1) is 25.2 Å². The van der Waals surface area contributed by atoms with E-state index < -0.39 is 11.9 Å². The predicted octanol–water partition coefficient (Wildman–Crippen LogP) is 3.90. The van der Waals surface area contributed by atoms with Crippen LogP contribution in [0.1, 0.15) is 50.6 Å². The van der Waals surface area contributed by atoms with Gasteiger partial charge in [0.2, 0.25) is 5.91 Å². The highest BCUT2D eigenvalue weighted by Gasteiger charge is 2.27. The Hall–Kier alpha value is -2.67. The smallest absolute Gasteiger partial charge is 0.348 e. The van der Waals surface area contributed by atoms with E-state index in [0.29, 0.717) is 10.6 Å². The monoisotopic (exact) mass is 389 g/mol. The number of hydrogen-bond acceptors (Lipinski definition) is 6. The van der Waals surface area contributed by atoms with Crippen LogP contribution in [-0.2, 0) is 20.7 Å². The molecular weight excluding hydrogens is 366 g/mol. The molecule has 144 valence electrons. The number of carbonyl (C=O) groups excluding carboxylic acids is 3. The van der Waals surface area contributed by atoms with Gasteiger partial charge in [-0.3, -0.25) is 4.79 Å². The molecule has 0 radical (unpaired) electrons. The molecule has 0 aliphatic heterocycles. The van der Waals surface area contributed by atoms with Crippen LogP contribution in [0.2, 0.25) is 0 Å². The third kappa shape index (κ3) is 5.17. The van der Waals surface area contributed by atoms with E-state index in [-0.39, 0.29) is 36.0 Å². The predicted molar refractivity (Wildman–Crippen MR) is 104 cm³/mol. The highest BCUT2D eigenvalue weighted by atomic mass is 32.1. The van der Waals surface area contributed by atoms with Crippen molar-refractivity contribution in [2.75, 3.05) is 18.5 Å². The van der Waals surface area contributed by atoms with Crippen LogP contribution in [0.15, 0.2) is 24.3 Å². The number of nitrogens with one attached hydrogen (secondary N) is 1. The third-order valence-corrected chi connectivity index (χ3v) is 5.01. The zero-order valence-electron chi connectivity index (χ0n) is 15.9. The molecule has 27 heavy (non-hydrogen) atoms. The fourth-order valence-electron chi connectivity index (χ4n) is 2.50. The number of amides is 1. The minimum absolute atomic E-state index is 0.161. The number of carbonyl (C=O) groups is 3. The van der Waals surface area contributed by atoms with Gasteiger partial charge in [0.25, 0.3) is 0 Å². The van der Waals surface area contributed by atoms with Gasteiger partial charge in [-0.1, -0.05) is 29.8 Å². The number of anilines is 1. The van der Waals surface area contributed by atoms with Gasteiger partial charge in [-0.25, -0.2) is 9.59 Å². The highest BCUT2D eigenvalue weighted by Crippen LogP contribution is 2.34. The molecule has 2 rings (SSSR count). The summed E-state index contributed by atoms with van der Waals surface area (Å²) in [4.78, 5) is 37.2. The summed E-state index contributed by atoms with van der Waals surface area (Å²) in [7, 11) is 0. The van der Waals surface area contributed by atoms with E-state index in [1.807, 2.05) is 31.2 Å². The van der Waals surface area contributed by atoms with E-state index in [2.05, 4.69) is 5.32 Å². The maximum Gasteiger partial charge on any atom is 0.348 e. The molecule has 1 heterocycles. The molecule has 0 atom stereocenters. The van der Waals surface area contributed by atoms with Crippen LogP contribution in [-0.4, -0.2) is 31.1 Å². The zero-order chi connectivity index (χ0) is 20.0. The Balaban J connectivity index is 2.28. The van der Waals surface area contributed by atoms with Gasteiger partial charge in [-0.2, -0.15) is 0 Å². The van der Waals surface area contributed by atoms with Crippen molar-refractivity contribution in [1.82, 2.24) is 0 Å². The second kappa shape index (κ2) is 9.32. The summed E-state index contributed by atoms with van der Waals surface area (Å²) in [6, 6.07) is 7.62. The lowest BCUT2D eigenvalue weighted by atomic mass is 10.1. The van der Waals surface area contributed by atoms with Crippen molar-refractivity contribution in [3.05, 3.63) is 51.4 Å². The molecular formula is C20H23NO5S. The van der Waals surface area contributed by atoms with Gasteiger partial charge in [0.15, 0.2) is 0 Å². The molecule has 0 aliphatic rings. The van der Waals surface area contributed by atoms with Gasteiger partial charge in [-0.15, -0.1) is 11.3 Å². The van der Waals surface area contributed by atoms with E-state index in [1.165, 1.54) is 0 Å². The summed E-state index contributed by atoms with van der Waals surface area (Å²) in [5, 5.41) is 3.04. The first kappa shape index (κ1) is 20.6. The lowest BCUT2D eigenvalue weighted by Crippen LogP contribution is -2.16. The number of benzene rings is 1. The molecule has 2 aromatic rings. The standard InChI is InChI=1S/C20H23NO5S/c1-5-25-19(23)16-13(4)17(20(24)26-6-2)27-18(16)21-15(22)11-14-9-7-12(3)8-10-14/h7-10H,5-6,11H2,1-4H3,(H,21,22). The third-order valence-electron chi connectivity index (χ3n) is 3.83. The van der Waals surface area contributed by atoms with Gasteiger partial charge in [0.1, 0.15) is 9.88 Å². The number of rotatable bonds is 7.